The van der Waals surface area contributed by atoms with Gasteiger partial charge in [0.1, 0.15) is 0 Å². The molecule has 5 nitrogen and oxygen atoms in total. The summed E-state index contributed by atoms with van der Waals surface area (Å²) in [6, 6.07) is 9.87. The van der Waals surface area contributed by atoms with Crippen molar-refractivity contribution in [2.75, 3.05) is 13.2 Å². The van der Waals surface area contributed by atoms with E-state index in [2.05, 4.69) is 30.7 Å². The molecule has 1 unspecified atom stereocenters. The Morgan fingerprint density at radius 2 is 1.91 bits per heavy atom. The van der Waals surface area contributed by atoms with Gasteiger partial charge in [0.05, 0.1) is 13.2 Å². The predicted molar refractivity (Wildman–Crippen MR) is 141 cm³/mol. The summed E-state index contributed by atoms with van der Waals surface area (Å²) in [4.78, 5) is 17.6. The van der Waals surface area contributed by atoms with Crippen LogP contribution in [-0.2, 0) is 19.9 Å². The fourth-order valence-electron chi connectivity index (χ4n) is 4.52. The second-order valence-corrected chi connectivity index (χ2v) is 8.45. The van der Waals surface area contributed by atoms with Crippen LogP contribution in [-0.4, -0.2) is 25.1 Å². The van der Waals surface area contributed by atoms with Crippen LogP contribution in [0.1, 0.15) is 85.1 Å². The Bertz CT molecular complexity index is 915. The molecule has 0 bridgehead atoms. The Kier molecular flexibility index (Phi) is 11.1. The lowest BCUT2D eigenvalue weighted by atomic mass is 9.86. The summed E-state index contributed by atoms with van der Waals surface area (Å²) in [6.07, 6.45) is 9.43. The molecular formula is C29H42N2O3. The average Bonchev–Trinajstić information content (AvgIpc) is 3.31. The van der Waals surface area contributed by atoms with Crippen LogP contribution in [0.5, 0.6) is 0 Å². The topological polar surface area (TPSA) is 59.9 Å². The van der Waals surface area contributed by atoms with E-state index < -0.39 is 11.6 Å². The van der Waals surface area contributed by atoms with Crippen molar-refractivity contribution in [3.63, 3.8) is 0 Å². The van der Waals surface area contributed by atoms with Gasteiger partial charge in [-0.1, -0.05) is 69.2 Å². The maximum atomic E-state index is 13.0. The summed E-state index contributed by atoms with van der Waals surface area (Å²) in [5.41, 5.74) is 4.65. The van der Waals surface area contributed by atoms with Crippen molar-refractivity contribution < 1.29 is 14.3 Å². The van der Waals surface area contributed by atoms with E-state index in [1.807, 2.05) is 50.3 Å². The molecule has 1 aliphatic carbocycles. The number of amidine groups is 1. The van der Waals surface area contributed by atoms with E-state index in [4.69, 9.17) is 9.47 Å². The van der Waals surface area contributed by atoms with Gasteiger partial charge in [-0.3, -0.25) is 0 Å². The first-order valence-electron chi connectivity index (χ1n) is 12.8. The molecule has 1 heterocycles. The third kappa shape index (κ3) is 6.40. The summed E-state index contributed by atoms with van der Waals surface area (Å²) >= 11 is 0. The number of rotatable bonds is 9. The second-order valence-electron chi connectivity index (χ2n) is 8.45. The van der Waals surface area contributed by atoms with Crippen LogP contribution < -0.4 is 5.32 Å². The quantitative estimate of drug-likeness (QED) is 0.315. The zero-order valence-electron chi connectivity index (χ0n) is 21.7. The Morgan fingerprint density at radius 3 is 2.56 bits per heavy atom. The van der Waals surface area contributed by atoms with Crippen molar-refractivity contribution in [1.29, 1.82) is 0 Å². The van der Waals surface area contributed by atoms with Crippen LogP contribution in [0, 0.1) is 0 Å². The number of carbonyl (C=O) groups is 1. The van der Waals surface area contributed by atoms with Gasteiger partial charge >= 0.3 is 5.97 Å². The first kappa shape index (κ1) is 27.4. The van der Waals surface area contributed by atoms with Crippen molar-refractivity contribution in [2.45, 2.75) is 85.2 Å². The van der Waals surface area contributed by atoms with Gasteiger partial charge in [0, 0.05) is 11.3 Å². The summed E-state index contributed by atoms with van der Waals surface area (Å²) in [6.45, 7) is 14.6. The zero-order valence-corrected chi connectivity index (χ0v) is 21.7. The van der Waals surface area contributed by atoms with E-state index >= 15 is 0 Å². The van der Waals surface area contributed by atoms with Crippen LogP contribution in [0.4, 0.5) is 0 Å². The number of nitrogens with zero attached hydrogens (tertiary/aromatic N) is 1. The molecule has 1 atom stereocenters. The fraction of sp³-hybridized carbons (Fsp3) is 0.517. The van der Waals surface area contributed by atoms with Crippen molar-refractivity contribution in [1.82, 2.24) is 5.32 Å². The molecule has 1 N–H and O–H groups in total. The summed E-state index contributed by atoms with van der Waals surface area (Å²) in [7, 11) is 0. The molecule has 0 fully saturated rings. The smallest absolute Gasteiger partial charge is 0.357 e. The molecule has 0 aromatic heterocycles. The maximum Gasteiger partial charge on any atom is 0.357 e. The summed E-state index contributed by atoms with van der Waals surface area (Å²) < 4.78 is 11.7. The number of ether oxygens (including phenoxy) is 2. The minimum absolute atomic E-state index is 0.191. The summed E-state index contributed by atoms with van der Waals surface area (Å²) in [5.74, 6) is -0.410. The number of aliphatic imine (C=N–C) groups is 1. The van der Waals surface area contributed by atoms with Crippen LogP contribution in [0.3, 0.4) is 0 Å². The van der Waals surface area contributed by atoms with Gasteiger partial charge in [-0.05, 0) is 63.5 Å². The number of hydrogen-bond acceptors (Lipinski definition) is 5. The molecule has 1 aromatic carbocycles. The van der Waals surface area contributed by atoms with Crippen LogP contribution in [0.25, 0.3) is 0 Å². The van der Waals surface area contributed by atoms with Crippen molar-refractivity contribution in [2.24, 2.45) is 4.99 Å². The minimum Gasteiger partial charge on any atom is -0.463 e. The number of nitrogens with one attached hydrogen (secondary N) is 1. The van der Waals surface area contributed by atoms with E-state index in [-0.39, 0.29) is 13.2 Å². The van der Waals surface area contributed by atoms with E-state index in [9.17, 15) is 4.79 Å². The lowest BCUT2D eigenvalue weighted by Gasteiger charge is -2.28. The first-order chi connectivity index (χ1) is 16.6. The molecule has 0 saturated heterocycles. The predicted octanol–water partition coefficient (Wildman–Crippen LogP) is 6.97. The normalized spacial score (nSPS) is 20.3. The molecule has 5 heteroatoms. The van der Waals surface area contributed by atoms with Gasteiger partial charge in [0.15, 0.2) is 0 Å². The Labute approximate surface area is 206 Å². The highest BCUT2D eigenvalue weighted by Crippen LogP contribution is 2.35. The molecule has 34 heavy (non-hydrogen) atoms. The van der Waals surface area contributed by atoms with Crippen LogP contribution in [0.2, 0.25) is 0 Å². The van der Waals surface area contributed by atoms with Crippen LogP contribution >= 0.6 is 0 Å². The molecule has 0 radical (unpaired) electrons. The van der Waals surface area contributed by atoms with Gasteiger partial charge in [-0.15, -0.1) is 6.58 Å². The number of benzene rings is 1. The minimum atomic E-state index is -1.26. The average molecular weight is 467 g/mol. The zero-order chi connectivity index (χ0) is 25.0. The molecule has 0 spiro atoms. The molecule has 1 aliphatic heterocycles. The number of carbonyl (C=O) groups excluding carboxylic acids is 1. The van der Waals surface area contributed by atoms with Gasteiger partial charge in [-0.25, -0.2) is 9.79 Å². The van der Waals surface area contributed by atoms with E-state index in [0.29, 0.717) is 6.02 Å². The molecular weight excluding hydrogens is 424 g/mol. The highest BCUT2D eigenvalue weighted by atomic mass is 16.6. The van der Waals surface area contributed by atoms with Gasteiger partial charge in [0.2, 0.25) is 0 Å². The van der Waals surface area contributed by atoms with Crippen molar-refractivity contribution in [3.05, 3.63) is 71.0 Å². The largest absolute Gasteiger partial charge is 0.463 e. The van der Waals surface area contributed by atoms with Crippen LogP contribution in [0.15, 0.2) is 70.4 Å². The molecule has 3 rings (SSSR count). The van der Waals surface area contributed by atoms with Crippen molar-refractivity contribution >= 4 is 12.0 Å². The van der Waals surface area contributed by atoms with Gasteiger partial charge in [-0.2, -0.15) is 0 Å². The second kappa shape index (κ2) is 13.8. The lowest BCUT2D eigenvalue weighted by molar-refractivity contribution is -0.161. The van der Waals surface area contributed by atoms with E-state index in [1.165, 1.54) is 29.6 Å². The SMILES string of the molecule is C=CCC1=C(/C(NC2=NCC(C(=O)OCC)(c3ccccc3)O2)=C(/C)CCC)CCCC1.CC. The molecule has 1 aromatic rings. The standard InChI is InChI=1S/C27H36N2O3.C2H6/c1-5-13-20(4)24(23-18-12-11-15-21(23)14-6-2)29-26-28-19-27(32-26,25(30)31-7-3)22-16-9-8-10-17-22;1-2/h6,8-10,16-17H,2,5,7,11-15,18-19H2,1,3-4H3,(H,28,29);1-2H3/b24-20+;. The molecule has 186 valence electrons. The Balaban J connectivity index is 0.00000199. The highest BCUT2D eigenvalue weighted by molar-refractivity contribution is 5.89. The monoisotopic (exact) mass is 466 g/mol. The molecule has 2 aliphatic rings. The van der Waals surface area contributed by atoms with Gasteiger partial charge in [0.25, 0.3) is 11.6 Å². The summed E-state index contributed by atoms with van der Waals surface area (Å²) in [5, 5.41) is 3.49. The third-order valence-electron chi connectivity index (χ3n) is 6.12. The maximum absolute atomic E-state index is 13.0. The van der Waals surface area contributed by atoms with E-state index in [0.717, 1.165) is 43.4 Å². The Hall–Kier alpha value is -2.82. The molecule has 0 amide bonds. The molecule has 0 saturated carbocycles. The first-order valence-corrected chi connectivity index (χ1v) is 12.8. The number of esters is 1. The Morgan fingerprint density at radius 1 is 1.21 bits per heavy atom. The fourth-order valence-corrected chi connectivity index (χ4v) is 4.52. The number of hydrogen-bond donors (Lipinski definition) is 1. The van der Waals surface area contributed by atoms with Gasteiger partial charge < -0.3 is 14.8 Å². The lowest BCUT2D eigenvalue weighted by Crippen LogP contribution is -2.42. The number of allylic oxidation sites excluding steroid dienone is 4. The highest BCUT2D eigenvalue weighted by Gasteiger charge is 2.49. The third-order valence-corrected chi connectivity index (χ3v) is 6.12. The van der Waals surface area contributed by atoms with Crippen molar-refractivity contribution in [3.8, 4) is 0 Å². The van der Waals surface area contributed by atoms with E-state index in [1.54, 1.807) is 6.92 Å².